The van der Waals surface area contributed by atoms with Gasteiger partial charge in [-0.2, -0.15) is 0 Å². The lowest BCUT2D eigenvalue weighted by Crippen LogP contribution is -2.53. The Morgan fingerprint density at radius 3 is 2.07 bits per heavy atom. The van der Waals surface area contributed by atoms with Crippen molar-refractivity contribution in [2.24, 2.45) is 0 Å². The van der Waals surface area contributed by atoms with Gasteiger partial charge in [-0.3, -0.25) is 13.9 Å². The van der Waals surface area contributed by atoms with Crippen LogP contribution in [0.3, 0.4) is 0 Å². The Labute approximate surface area is 250 Å². The number of nitrogens with zero attached hydrogens (tertiary/aromatic N) is 2. The fourth-order valence-corrected chi connectivity index (χ4v) is 5.94. The summed E-state index contributed by atoms with van der Waals surface area (Å²) >= 11 is 0. The molecule has 0 aromatic heterocycles. The summed E-state index contributed by atoms with van der Waals surface area (Å²) in [6.07, 6.45) is 1.10. The van der Waals surface area contributed by atoms with Crippen molar-refractivity contribution in [3.8, 4) is 5.75 Å². The van der Waals surface area contributed by atoms with Crippen LogP contribution in [0.15, 0.2) is 71.6 Å². The van der Waals surface area contributed by atoms with Crippen molar-refractivity contribution >= 4 is 27.5 Å². The lowest BCUT2D eigenvalue weighted by molar-refractivity contribution is -0.140. The van der Waals surface area contributed by atoms with Gasteiger partial charge in [-0.1, -0.05) is 49.7 Å². The Morgan fingerprint density at radius 2 is 1.52 bits per heavy atom. The topological polar surface area (TPSA) is 96.0 Å². The van der Waals surface area contributed by atoms with E-state index in [9.17, 15) is 18.0 Å². The van der Waals surface area contributed by atoms with Gasteiger partial charge in [0.15, 0.2) is 0 Å². The molecular formula is C33H43N3O5S. The molecule has 2 atom stereocenters. The molecule has 226 valence electrons. The molecule has 3 rings (SSSR count). The van der Waals surface area contributed by atoms with Crippen LogP contribution in [0.25, 0.3) is 0 Å². The number of carbonyl (C=O) groups is 2. The number of carbonyl (C=O) groups excluding carboxylic acids is 2. The molecule has 0 aliphatic carbocycles. The van der Waals surface area contributed by atoms with Gasteiger partial charge < -0.3 is 15.0 Å². The highest BCUT2D eigenvalue weighted by molar-refractivity contribution is 7.92. The van der Waals surface area contributed by atoms with Gasteiger partial charge in [-0.05, 0) is 93.6 Å². The molecular weight excluding hydrogens is 550 g/mol. The molecule has 1 N–H and O–H groups in total. The fourth-order valence-electron chi connectivity index (χ4n) is 4.54. The van der Waals surface area contributed by atoms with Crippen LogP contribution in [-0.4, -0.2) is 50.9 Å². The fraction of sp³-hybridized carbons (Fsp3) is 0.394. The van der Waals surface area contributed by atoms with Crippen LogP contribution in [0.5, 0.6) is 5.75 Å². The molecule has 0 aliphatic heterocycles. The zero-order chi connectivity index (χ0) is 31.0. The number of aryl methyl sites for hydroxylation is 3. The quantitative estimate of drug-likeness (QED) is 0.281. The van der Waals surface area contributed by atoms with Crippen molar-refractivity contribution in [2.45, 2.75) is 77.9 Å². The Morgan fingerprint density at radius 1 is 0.881 bits per heavy atom. The van der Waals surface area contributed by atoms with Gasteiger partial charge in [-0.15, -0.1) is 0 Å². The van der Waals surface area contributed by atoms with E-state index in [1.807, 2.05) is 59.7 Å². The van der Waals surface area contributed by atoms with Crippen LogP contribution in [0, 0.1) is 20.8 Å². The molecule has 0 radical (unpaired) electrons. The number of rotatable bonds is 13. The number of amides is 2. The summed E-state index contributed by atoms with van der Waals surface area (Å²) in [7, 11) is -2.54. The van der Waals surface area contributed by atoms with E-state index in [1.54, 1.807) is 55.6 Å². The summed E-state index contributed by atoms with van der Waals surface area (Å²) in [5.41, 5.74) is 4.00. The maximum atomic E-state index is 14.2. The lowest BCUT2D eigenvalue weighted by Gasteiger charge is -2.34. The maximum absolute atomic E-state index is 14.2. The number of nitrogens with one attached hydrogen (secondary N) is 1. The minimum absolute atomic E-state index is 0.0709. The summed E-state index contributed by atoms with van der Waals surface area (Å²) in [6.45, 7) is 11.1. The first-order chi connectivity index (χ1) is 19.9. The van der Waals surface area contributed by atoms with E-state index in [4.69, 9.17) is 4.74 Å². The summed E-state index contributed by atoms with van der Waals surface area (Å²) in [5.74, 6) is -0.0815. The first-order valence-corrected chi connectivity index (χ1v) is 15.7. The van der Waals surface area contributed by atoms with E-state index in [0.717, 1.165) is 33.0 Å². The van der Waals surface area contributed by atoms with Crippen molar-refractivity contribution < 1.29 is 22.7 Å². The number of ether oxygens (including phenoxy) is 1. The third kappa shape index (κ3) is 7.91. The highest BCUT2D eigenvalue weighted by Crippen LogP contribution is 2.27. The SMILES string of the molecule is CC[C@H](C)NC(=O)[C@H](CC)N(Cc1ccc(OC)cc1)C(=O)CN(c1ccc(C)c(C)c1)S(=O)(=O)c1ccc(C)cc1. The third-order valence-corrected chi connectivity index (χ3v) is 9.35. The van der Waals surface area contributed by atoms with E-state index < -0.39 is 28.5 Å². The molecule has 0 spiro atoms. The van der Waals surface area contributed by atoms with Gasteiger partial charge >= 0.3 is 0 Å². The van der Waals surface area contributed by atoms with Crippen molar-refractivity contribution in [1.29, 1.82) is 0 Å². The first-order valence-electron chi connectivity index (χ1n) is 14.3. The number of hydrogen-bond donors (Lipinski definition) is 1. The molecule has 0 aliphatic rings. The largest absolute Gasteiger partial charge is 0.497 e. The van der Waals surface area contributed by atoms with E-state index in [1.165, 1.54) is 4.90 Å². The molecule has 0 saturated heterocycles. The van der Waals surface area contributed by atoms with Crippen molar-refractivity contribution in [3.63, 3.8) is 0 Å². The van der Waals surface area contributed by atoms with E-state index >= 15 is 0 Å². The van der Waals surface area contributed by atoms with Gasteiger partial charge in [-0.25, -0.2) is 8.42 Å². The smallest absolute Gasteiger partial charge is 0.264 e. The molecule has 8 nitrogen and oxygen atoms in total. The van der Waals surface area contributed by atoms with E-state index in [-0.39, 0.29) is 23.4 Å². The predicted molar refractivity (Wildman–Crippen MR) is 167 cm³/mol. The van der Waals surface area contributed by atoms with Gasteiger partial charge in [0.25, 0.3) is 10.0 Å². The van der Waals surface area contributed by atoms with Crippen LogP contribution >= 0.6 is 0 Å². The molecule has 3 aromatic rings. The lowest BCUT2D eigenvalue weighted by atomic mass is 10.1. The molecule has 0 saturated carbocycles. The summed E-state index contributed by atoms with van der Waals surface area (Å²) in [5, 5.41) is 3.00. The van der Waals surface area contributed by atoms with Crippen molar-refractivity contribution in [3.05, 3.63) is 89.0 Å². The van der Waals surface area contributed by atoms with E-state index in [2.05, 4.69) is 5.32 Å². The normalized spacial score (nSPS) is 12.7. The van der Waals surface area contributed by atoms with Crippen LogP contribution in [0.4, 0.5) is 5.69 Å². The van der Waals surface area contributed by atoms with Gasteiger partial charge in [0, 0.05) is 12.6 Å². The Bertz CT molecular complexity index is 1470. The monoisotopic (exact) mass is 593 g/mol. The van der Waals surface area contributed by atoms with Crippen molar-refractivity contribution in [1.82, 2.24) is 10.2 Å². The minimum Gasteiger partial charge on any atom is -0.497 e. The molecule has 9 heteroatoms. The van der Waals surface area contributed by atoms with Gasteiger partial charge in [0.05, 0.1) is 17.7 Å². The zero-order valence-corrected chi connectivity index (χ0v) is 26.5. The number of sulfonamides is 1. The molecule has 2 amide bonds. The number of anilines is 1. The standard InChI is InChI=1S/C33H43N3O5S/c1-8-26(6)34-33(38)31(9-2)35(21-27-13-16-29(41-7)17-14-27)32(37)22-36(28-15-12-24(4)25(5)20-28)42(39,40)30-18-10-23(3)11-19-30/h10-20,26,31H,8-9,21-22H2,1-7H3,(H,34,38)/t26-,31-/m0/s1. The minimum atomic E-state index is -4.12. The highest BCUT2D eigenvalue weighted by Gasteiger charge is 2.34. The Kier molecular flexibility index (Phi) is 11.2. The van der Waals surface area contributed by atoms with E-state index in [0.29, 0.717) is 17.9 Å². The Hall–Kier alpha value is -3.85. The number of methoxy groups -OCH3 is 1. The van der Waals surface area contributed by atoms with Crippen molar-refractivity contribution in [2.75, 3.05) is 18.0 Å². The van der Waals surface area contributed by atoms with Gasteiger partial charge in [0.2, 0.25) is 11.8 Å². The second-order valence-electron chi connectivity index (χ2n) is 10.7. The third-order valence-electron chi connectivity index (χ3n) is 7.57. The zero-order valence-electron chi connectivity index (χ0n) is 25.7. The number of benzene rings is 3. The van der Waals surface area contributed by atoms with Crippen LogP contribution < -0.4 is 14.4 Å². The average molecular weight is 594 g/mol. The van der Waals surface area contributed by atoms with Crippen LogP contribution in [0.2, 0.25) is 0 Å². The maximum Gasteiger partial charge on any atom is 0.264 e. The van der Waals surface area contributed by atoms with Crippen LogP contribution in [-0.2, 0) is 26.2 Å². The summed E-state index contributed by atoms with van der Waals surface area (Å²) in [4.78, 5) is 29.2. The molecule has 0 unspecified atom stereocenters. The second kappa shape index (κ2) is 14.4. The van der Waals surface area contributed by atoms with Gasteiger partial charge in [0.1, 0.15) is 18.3 Å². The summed E-state index contributed by atoms with van der Waals surface area (Å²) < 4.78 is 34.5. The number of hydrogen-bond acceptors (Lipinski definition) is 5. The molecule has 42 heavy (non-hydrogen) atoms. The summed E-state index contributed by atoms with van der Waals surface area (Å²) in [6, 6.07) is 18.3. The predicted octanol–water partition coefficient (Wildman–Crippen LogP) is 5.54. The second-order valence-corrected chi connectivity index (χ2v) is 12.6. The van der Waals surface area contributed by atoms with Crippen LogP contribution in [0.1, 0.15) is 55.9 Å². The highest BCUT2D eigenvalue weighted by atomic mass is 32.2. The molecule has 3 aromatic carbocycles. The Balaban J connectivity index is 2.08. The molecule has 0 bridgehead atoms. The first kappa shape index (κ1) is 32.7. The molecule has 0 heterocycles. The molecule has 0 fully saturated rings. The average Bonchev–Trinajstić information content (AvgIpc) is 2.97.